The average molecular weight is 291 g/mol. The summed E-state index contributed by atoms with van der Waals surface area (Å²) in [7, 11) is 1.67. The summed E-state index contributed by atoms with van der Waals surface area (Å²) in [5.74, 6) is 0.540. The van der Waals surface area contributed by atoms with Crippen molar-refractivity contribution in [2.45, 2.75) is 19.8 Å². The molecule has 4 nitrogen and oxygen atoms in total. The highest BCUT2D eigenvalue weighted by atomic mass is 79.9. The highest BCUT2D eigenvalue weighted by molar-refractivity contribution is 9.09. The van der Waals surface area contributed by atoms with E-state index >= 15 is 0 Å². The molecule has 1 aliphatic heterocycles. The van der Waals surface area contributed by atoms with Crippen LogP contribution in [-0.4, -0.2) is 53.6 Å². The molecule has 1 rings (SSSR count). The van der Waals surface area contributed by atoms with Crippen LogP contribution in [0.4, 0.5) is 0 Å². The van der Waals surface area contributed by atoms with Gasteiger partial charge in [-0.25, -0.2) is 0 Å². The van der Waals surface area contributed by atoms with Gasteiger partial charge >= 0.3 is 0 Å². The lowest BCUT2D eigenvalue weighted by molar-refractivity contribution is -0.149. The van der Waals surface area contributed by atoms with Gasteiger partial charge in [0.25, 0.3) is 0 Å². The third-order valence-corrected chi connectivity index (χ3v) is 3.79. The molecule has 0 saturated carbocycles. The molecule has 0 spiro atoms. The lowest BCUT2D eigenvalue weighted by atomic mass is 10.1. The van der Waals surface area contributed by atoms with Gasteiger partial charge in [-0.05, 0) is 12.3 Å². The van der Waals surface area contributed by atoms with Gasteiger partial charge in [0.2, 0.25) is 11.8 Å². The van der Waals surface area contributed by atoms with E-state index in [1.807, 2.05) is 0 Å². The normalized spacial score (nSPS) is 19.2. The SMILES string of the molecule is CCCC(CBr)CN1CC(=O)N(C)CC1=O. The van der Waals surface area contributed by atoms with Crippen molar-refractivity contribution in [1.29, 1.82) is 0 Å². The molecule has 1 heterocycles. The van der Waals surface area contributed by atoms with E-state index in [1.54, 1.807) is 11.9 Å². The summed E-state index contributed by atoms with van der Waals surface area (Å²) < 4.78 is 0. The lowest BCUT2D eigenvalue weighted by Crippen LogP contribution is -2.53. The zero-order valence-electron chi connectivity index (χ0n) is 9.91. The molecule has 16 heavy (non-hydrogen) atoms. The zero-order valence-corrected chi connectivity index (χ0v) is 11.5. The van der Waals surface area contributed by atoms with Gasteiger partial charge in [-0.2, -0.15) is 0 Å². The standard InChI is InChI=1S/C11H19BrN2O2/c1-3-4-9(5-12)6-14-8-10(15)13(2)7-11(14)16/h9H,3-8H2,1-2H3. The highest BCUT2D eigenvalue weighted by Crippen LogP contribution is 2.14. The maximum atomic E-state index is 11.7. The third kappa shape index (κ3) is 3.47. The Bertz CT molecular complexity index is 271. The number of amides is 2. The molecule has 0 aromatic heterocycles. The predicted molar refractivity (Wildman–Crippen MR) is 66.4 cm³/mol. The Labute approximate surface area is 105 Å². The van der Waals surface area contributed by atoms with Crippen molar-refractivity contribution in [2.75, 3.05) is 32.0 Å². The summed E-state index contributed by atoms with van der Waals surface area (Å²) in [5, 5.41) is 0.884. The molecule has 1 aliphatic rings. The molecule has 92 valence electrons. The van der Waals surface area contributed by atoms with Crippen molar-refractivity contribution in [3.05, 3.63) is 0 Å². The number of hydrogen-bond donors (Lipinski definition) is 0. The summed E-state index contributed by atoms with van der Waals surface area (Å²) in [5.41, 5.74) is 0. The molecule has 1 atom stereocenters. The van der Waals surface area contributed by atoms with Crippen molar-refractivity contribution >= 4 is 27.7 Å². The van der Waals surface area contributed by atoms with Crippen LogP contribution in [0.25, 0.3) is 0 Å². The minimum absolute atomic E-state index is 0.0319. The second-order valence-corrected chi connectivity index (χ2v) is 4.98. The minimum Gasteiger partial charge on any atom is -0.335 e. The minimum atomic E-state index is 0.0319. The van der Waals surface area contributed by atoms with Gasteiger partial charge in [0, 0.05) is 18.9 Å². The van der Waals surface area contributed by atoms with E-state index in [0.29, 0.717) is 12.5 Å². The molecule has 0 aromatic carbocycles. The molecular weight excluding hydrogens is 272 g/mol. The molecule has 1 fully saturated rings. The number of piperazine rings is 1. The largest absolute Gasteiger partial charge is 0.335 e. The van der Waals surface area contributed by atoms with Crippen molar-refractivity contribution < 1.29 is 9.59 Å². The Hall–Kier alpha value is -0.580. The summed E-state index contributed by atoms with van der Waals surface area (Å²) >= 11 is 3.46. The van der Waals surface area contributed by atoms with E-state index in [0.717, 1.165) is 18.2 Å². The Morgan fingerprint density at radius 3 is 2.56 bits per heavy atom. The second kappa shape index (κ2) is 6.23. The Morgan fingerprint density at radius 1 is 1.31 bits per heavy atom. The van der Waals surface area contributed by atoms with Crippen LogP contribution in [0.3, 0.4) is 0 Å². The summed E-state index contributed by atoms with van der Waals surface area (Å²) in [6, 6.07) is 0. The fourth-order valence-corrected chi connectivity index (χ4v) is 2.40. The Balaban J connectivity index is 2.52. The predicted octanol–water partition coefficient (Wildman–Crippen LogP) is 1.10. The van der Waals surface area contributed by atoms with Crippen LogP contribution in [0.2, 0.25) is 0 Å². The van der Waals surface area contributed by atoms with Gasteiger partial charge in [0.05, 0.1) is 13.1 Å². The average Bonchev–Trinajstić information content (AvgIpc) is 2.25. The first-order valence-electron chi connectivity index (χ1n) is 5.66. The smallest absolute Gasteiger partial charge is 0.242 e. The van der Waals surface area contributed by atoms with Gasteiger partial charge < -0.3 is 9.80 Å². The molecule has 2 amide bonds. The molecule has 0 N–H and O–H groups in total. The molecule has 1 unspecified atom stereocenters. The molecule has 0 bridgehead atoms. The number of carbonyl (C=O) groups is 2. The van der Waals surface area contributed by atoms with E-state index in [4.69, 9.17) is 0 Å². The van der Waals surface area contributed by atoms with Crippen molar-refractivity contribution in [3.63, 3.8) is 0 Å². The number of rotatable bonds is 5. The summed E-state index contributed by atoms with van der Waals surface area (Å²) in [4.78, 5) is 26.4. The number of nitrogens with zero attached hydrogens (tertiary/aromatic N) is 2. The topological polar surface area (TPSA) is 40.6 Å². The highest BCUT2D eigenvalue weighted by Gasteiger charge is 2.28. The molecule has 0 radical (unpaired) electrons. The Morgan fingerprint density at radius 2 is 2.00 bits per heavy atom. The van der Waals surface area contributed by atoms with Crippen LogP contribution >= 0.6 is 15.9 Å². The molecule has 0 aromatic rings. The first-order chi connectivity index (χ1) is 7.58. The van der Waals surface area contributed by atoms with Gasteiger partial charge in [-0.3, -0.25) is 9.59 Å². The van der Waals surface area contributed by atoms with Crippen molar-refractivity contribution in [3.8, 4) is 0 Å². The molecule has 0 aliphatic carbocycles. The van der Waals surface area contributed by atoms with Gasteiger partial charge in [0.1, 0.15) is 0 Å². The van der Waals surface area contributed by atoms with Gasteiger partial charge in [-0.1, -0.05) is 29.3 Å². The number of likely N-dealkylation sites (N-methyl/N-ethyl adjacent to an activating group) is 1. The van der Waals surface area contributed by atoms with Gasteiger partial charge in [0.15, 0.2) is 0 Å². The second-order valence-electron chi connectivity index (χ2n) is 4.33. The monoisotopic (exact) mass is 290 g/mol. The van der Waals surface area contributed by atoms with Crippen LogP contribution in [0, 0.1) is 5.92 Å². The third-order valence-electron chi connectivity index (χ3n) is 2.87. The van der Waals surface area contributed by atoms with Crippen molar-refractivity contribution in [2.24, 2.45) is 5.92 Å². The Kier molecular flexibility index (Phi) is 5.25. The number of carbonyl (C=O) groups excluding carboxylic acids is 2. The number of halogens is 1. The summed E-state index contributed by atoms with van der Waals surface area (Å²) in [6.45, 7) is 3.28. The lowest BCUT2D eigenvalue weighted by Gasteiger charge is -2.33. The van der Waals surface area contributed by atoms with Crippen LogP contribution in [0.15, 0.2) is 0 Å². The maximum absolute atomic E-state index is 11.7. The number of alkyl halides is 1. The van der Waals surface area contributed by atoms with E-state index in [2.05, 4.69) is 22.9 Å². The van der Waals surface area contributed by atoms with E-state index < -0.39 is 0 Å². The first-order valence-corrected chi connectivity index (χ1v) is 6.78. The summed E-state index contributed by atoms with van der Waals surface area (Å²) in [6.07, 6.45) is 2.19. The van der Waals surface area contributed by atoms with Crippen molar-refractivity contribution in [1.82, 2.24) is 9.80 Å². The van der Waals surface area contributed by atoms with E-state index in [9.17, 15) is 9.59 Å². The quantitative estimate of drug-likeness (QED) is 0.712. The molecular formula is C11H19BrN2O2. The van der Waals surface area contributed by atoms with E-state index in [1.165, 1.54) is 4.90 Å². The van der Waals surface area contributed by atoms with Gasteiger partial charge in [-0.15, -0.1) is 0 Å². The van der Waals surface area contributed by atoms with Crippen LogP contribution < -0.4 is 0 Å². The van der Waals surface area contributed by atoms with Crippen LogP contribution in [-0.2, 0) is 9.59 Å². The fraction of sp³-hybridized carbons (Fsp3) is 0.818. The van der Waals surface area contributed by atoms with Crippen LogP contribution in [0.5, 0.6) is 0 Å². The number of hydrogen-bond acceptors (Lipinski definition) is 2. The first kappa shape index (κ1) is 13.5. The maximum Gasteiger partial charge on any atom is 0.242 e. The fourth-order valence-electron chi connectivity index (χ4n) is 1.87. The van der Waals surface area contributed by atoms with Crippen LogP contribution in [0.1, 0.15) is 19.8 Å². The molecule has 5 heteroatoms. The molecule has 1 saturated heterocycles. The van der Waals surface area contributed by atoms with E-state index in [-0.39, 0.29) is 24.9 Å². The zero-order chi connectivity index (χ0) is 12.1.